The Morgan fingerprint density at radius 1 is 1.40 bits per heavy atom. The van der Waals surface area contributed by atoms with Gasteiger partial charge in [0, 0.05) is 20.5 Å². The molecule has 0 N–H and O–H groups in total. The van der Waals surface area contributed by atoms with E-state index in [0.717, 1.165) is 12.1 Å². The minimum atomic E-state index is 0.953. The van der Waals surface area contributed by atoms with Gasteiger partial charge < -0.3 is 5.01 Å². The smallest absolute Gasteiger partial charge is 0.0642 e. The van der Waals surface area contributed by atoms with E-state index in [1.165, 1.54) is 0 Å². The molecule has 1 aliphatic carbocycles. The molecule has 0 spiro atoms. The van der Waals surface area contributed by atoms with E-state index in [1.54, 1.807) is 0 Å². The number of hydrazone groups is 1. The summed E-state index contributed by atoms with van der Waals surface area (Å²) in [5.74, 6) is 0. The van der Waals surface area contributed by atoms with Crippen LogP contribution in [-0.2, 0) is 0 Å². The van der Waals surface area contributed by atoms with Gasteiger partial charge in [-0.15, -0.1) is 0 Å². The lowest BCUT2D eigenvalue weighted by Crippen LogP contribution is -2.07. The van der Waals surface area contributed by atoms with E-state index in [4.69, 9.17) is 0 Å². The van der Waals surface area contributed by atoms with Gasteiger partial charge in [-0.3, -0.25) is 0 Å². The van der Waals surface area contributed by atoms with Crippen molar-refractivity contribution >= 4 is 5.71 Å². The number of hydrogen-bond donors (Lipinski definition) is 0. The highest BCUT2D eigenvalue weighted by atomic mass is 15.4. The van der Waals surface area contributed by atoms with Crippen LogP contribution >= 0.6 is 0 Å². The molecule has 1 rings (SSSR count). The summed E-state index contributed by atoms with van der Waals surface area (Å²) >= 11 is 0. The van der Waals surface area contributed by atoms with Crippen LogP contribution in [-0.4, -0.2) is 24.8 Å². The van der Waals surface area contributed by atoms with Crippen LogP contribution in [0.15, 0.2) is 29.4 Å². The molecule has 0 unspecified atom stereocenters. The summed E-state index contributed by atoms with van der Waals surface area (Å²) in [6.45, 7) is 0. The van der Waals surface area contributed by atoms with Crippen molar-refractivity contribution in [2.45, 2.75) is 6.42 Å². The standard InChI is InChI=1S/C8H12N2/c1-10(2)9-8-6-4-3-5-7-8/h3-6H,7H2,1-2H3. The van der Waals surface area contributed by atoms with Gasteiger partial charge in [-0.05, 0) is 6.08 Å². The second kappa shape index (κ2) is 3.20. The minimum Gasteiger partial charge on any atom is -0.303 e. The zero-order valence-corrected chi connectivity index (χ0v) is 6.41. The fraction of sp³-hybridized carbons (Fsp3) is 0.375. The van der Waals surface area contributed by atoms with Gasteiger partial charge in [0.05, 0.1) is 5.71 Å². The Morgan fingerprint density at radius 3 is 2.70 bits per heavy atom. The zero-order chi connectivity index (χ0) is 7.40. The van der Waals surface area contributed by atoms with E-state index in [2.05, 4.69) is 11.2 Å². The first-order chi connectivity index (χ1) is 4.79. The highest BCUT2D eigenvalue weighted by Gasteiger charge is 1.94. The lowest BCUT2D eigenvalue weighted by molar-refractivity contribution is 0.437. The van der Waals surface area contributed by atoms with E-state index in [0.29, 0.717) is 0 Å². The normalized spacial score (nSPS) is 20.0. The van der Waals surface area contributed by atoms with Gasteiger partial charge in [-0.2, -0.15) is 5.10 Å². The first-order valence-electron chi connectivity index (χ1n) is 3.37. The SMILES string of the molecule is CN(C)N=C1C=CC=CC1. The van der Waals surface area contributed by atoms with Crippen LogP contribution in [0.25, 0.3) is 0 Å². The predicted octanol–water partition coefficient (Wildman–Crippen LogP) is 1.42. The average molecular weight is 136 g/mol. The third-order valence-corrected chi connectivity index (χ3v) is 1.19. The van der Waals surface area contributed by atoms with Crippen molar-refractivity contribution in [3.63, 3.8) is 0 Å². The van der Waals surface area contributed by atoms with Gasteiger partial charge in [-0.1, -0.05) is 18.2 Å². The molecule has 0 atom stereocenters. The van der Waals surface area contributed by atoms with Crippen LogP contribution in [0.3, 0.4) is 0 Å². The van der Waals surface area contributed by atoms with E-state index < -0.39 is 0 Å². The Hall–Kier alpha value is -1.05. The lowest BCUT2D eigenvalue weighted by Gasteiger charge is -2.07. The Bertz CT molecular complexity index is 187. The maximum atomic E-state index is 4.25. The van der Waals surface area contributed by atoms with Crippen LogP contribution in [0.2, 0.25) is 0 Å². The quantitative estimate of drug-likeness (QED) is 0.498. The number of hydrogen-bond acceptors (Lipinski definition) is 2. The predicted molar refractivity (Wildman–Crippen MR) is 44.0 cm³/mol. The van der Waals surface area contributed by atoms with Crippen molar-refractivity contribution < 1.29 is 0 Å². The van der Waals surface area contributed by atoms with E-state index in [1.807, 2.05) is 37.3 Å². The molecule has 2 heteroatoms. The molecule has 10 heavy (non-hydrogen) atoms. The molecule has 0 radical (unpaired) electrons. The fourth-order valence-electron chi connectivity index (χ4n) is 0.833. The van der Waals surface area contributed by atoms with E-state index >= 15 is 0 Å². The molecule has 54 valence electrons. The van der Waals surface area contributed by atoms with Crippen molar-refractivity contribution in [3.05, 3.63) is 24.3 Å². The van der Waals surface area contributed by atoms with Crippen molar-refractivity contribution in [3.8, 4) is 0 Å². The molecule has 0 heterocycles. The summed E-state index contributed by atoms with van der Waals surface area (Å²) in [6.07, 6.45) is 9.12. The Balaban J connectivity index is 2.58. The molecular weight excluding hydrogens is 124 g/mol. The van der Waals surface area contributed by atoms with Gasteiger partial charge in [0.25, 0.3) is 0 Å². The van der Waals surface area contributed by atoms with Crippen LogP contribution in [0.4, 0.5) is 0 Å². The third-order valence-electron chi connectivity index (χ3n) is 1.19. The Labute approximate surface area is 61.5 Å². The molecule has 0 fully saturated rings. The van der Waals surface area contributed by atoms with Crippen LogP contribution < -0.4 is 0 Å². The monoisotopic (exact) mass is 136 g/mol. The maximum absolute atomic E-state index is 4.25. The fourth-order valence-corrected chi connectivity index (χ4v) is 0.833. The van der Waals surface area contributed by atoms with Crippen LogP contribution in [0, 0.1) is 0 Å². The molecule has 0 aromatic carbocycles. The van der Waals surface area contributed by atoms with Crippen molar-refractivity contribution in [2.75, 3.05) is 14.1 Å². The largest absolute Gasteiger partial charge is 0.303 e. The summed E-state index contributed by atoms with van der Waals surface area (Å²) in [7, 11) is 3.86. The first kappa shape index (κ1) is 7.06. The molecule has 0 aliphatic heterocycles. The second-order valence-electron chi connectivity index (χ2n) is 2.43. The lowest BCUT2D eigenvalue weighted by atomic mass is 10.2. The van der Waals surface area contributed by atoms with Crippen LogP contribution in [0.5, 0.6) is 0 Å². The van der Waals surface area contributed by atoms with E-state index in [9.17, 15) is 0 Å². The Morgan fingerprint density at radius 2 is 2.20 bits per heavy atom. The zero-order valence-electron chi connectivity index (χ0n) is 6.41. The van der Waals surface area contributed by atoms with Crippen molar-refractivity contribution in [2.24, 2.45) is 5.10 Å². The number of allylic oxidation sites excluding steroid dienone is 4. The molecule has 0 aromatic heterocycles. The third kappa shape index (κ3) is 2.05. The van der Waals surface area contributed by atoms with Gasteiger partial charge in [0.1, 0.15) is 0 Å². The first-order valence-corrected chi connectivity index (χ1v) is 3.37. The van der Waals surface area contributed by atoms with Crippen molar-refractivity contribution in [1.82, 2.24) is 5.01 Å². The summed E-state index contributed by atoms with van der Waals surface area (Å²) in [6, 6.07) is 0. The summed E-state index contributed by atoms with van der Waals surface area (Å²) in [5, 5.41) is 6.07. The highest BCUT2D eigenvalue weighted by Crippen LogP contribution is 1.99. The maximum Gasteiger partial charge on any atom is 0.0642 e. The molecule has 2 nitrogen and oxygen atoms in total. The molecule has 1 aliphatic rings. The number of rotatable bonds is 1. The van der Waals surface area contributed by atoms with Gasteiger partial charge >= 0.3 is 0 Å². The highest BCUT2D eigenvalue weighted by molar-refractivity contribution is 5.96. The Kier molecular flexibility index (Phi) is 2.26. The summed E-state index contributed by atoms with van der Waals surface area (Å²) < 4.78 is 0. The second-order valence-corrected chi connectivity index (χ2v) is 2.43. The topological polar surface area (TPSA) is 15.6 Å². The molecule has 0 bridgehead atoms. The molecule has 0 saturated heterocycles. The summed E-state index contributed by atoms with van der Waals surface area (Å²) in [5.41, 5.74) is 1.12. The average Bonchev–Trinajstić information content (AvgIpc) is 1.88. The van der Waals surface area contributed by atoms with Gasteiger partial charge in [-0.25, -0.2) is 0 Å². The van der Waals surface area contributed by atoms with Crippen molar-refractivity contribution in [1.29, 1.82) is 0 Å². The molecular formula is C8H12N2. The van der Waals surface area contributed by atoms with Crippen LogP contribution in [0.1, 0.15) is 6.42 Å². The molecule has 0 saturated carbocycles. The number of nitrogens with zero attached hydrogens (tertiary/aromatic N) is 2. The van der Waals surface area contributed by atoms with E-state index in [-0.39, 0.29) is 0 Å². The van der Waals surface area contributed by atoms with Gasteiger partial charge in [0.15, 0.2) is 0 Å². The minimum absolute atomic E-state index is 0.953. The summed E-state index contributed by atoms with van der Waals surface area (Å²) in [4.78, 5) is 0. The molecule has 0 amide bonds. The van der Waals surface area contributed by atoms with Gasteiger partial charge in [0.2, 0.25) is 0 Å². The molecule has 0 aromatic rings.